The number of hydrazone groups is 1. The topological polar surface area (TPSA) is 140 Å². The van der Waals surface area contributed by atoms with Crippen molar-refractivity contribution in [2.24, 2.45) is 5.10 Å². The average Bonchev–Trinajstić information content (AvgIpc) is 2.98. The zero-order chi connectivity index (χ0) is 31.8. The van der Waals surface area contributed by atoms with Gasteiger partial charge in [-0.3, -0.25) is 19.7 Å². The number of hydrogen-bond donors (Lipinski definition) is 2. The van der Waals surface area contributed by atoms with E-state index >= 15 is 0 Å². The molecule has 0 radical (unpaired) electrons. The van der Waals surface area contributed by atoms with Crippen LogP contribution in [0.3, 0.4) is 0 Å². The molecule has 0 saturated heterocycles. The lowest BCUT2D eigenvalue weighted by Gasteiger charge is -2.09. The van der Waals surface area contributed by atoms with E-state index in [0.29, 0.717) is 30.8 Å². The van der Waals surface area contributed by atoms with Crippen LogP contribution in [0.4, 0.5) is 11.4 Å². The van der Waals surface area contributed by atoms with E-state index in [1.54, 1.807) is 30.3 Å². The van der Waals surface area contributed by atoms with Crippen LogP contribution in [0, 0.1) is 10.1 Å². The molecule has 0 aliphatic heterocycles. The highest BCUT2D eigenvalue weighted by atomic mass is 79.9. The van der Waals surface area contributed by atoms with E-state index in [1.165, 1.54) is 66.9 Å². The van der Waals surface area contributed by atoms with Crippen LogP contribution in [0.2, 0.25) is 10.0 Å². The van der Waals surface area contributed by atoms with Gasteiger partial charge in [0.25, 0.3) is 17.5 Å². The molecule has 10 nitrogen and oxygen atoms in total. The first kappa shape index (κ1) is 32.6. The van der Waals surface area contributed by atoms with Gasteiger partial charge in [-0.25, -0.2) is 10.2 Å². The molecule has 222 valence electrons. The maximum Gasteiger partial charge on any atom is 0.336 e. The van der Waals surface area contributed by atoms with Crippen molar-refractivity contribution in [3.8, 4) is 5.75 Å². The summed E-state index contributed by atoms with van der Waals surface area (Å²) in [6, 6.07) is 19.6. The minimum Gasteiger partial charge on any atom is -0.421 e. The Balaban J connectivity index is 1.43. The van der Waals surface area contributed by atoms with Gasteiger partial charge in [-0.05, 0) is 88.2 Å². The molecular formula is C30H18Br2Cl2N4O6. The highest BCUT2D eigenvalue weighted by molar-refractivity contribution is 9.11. The van der Waals surface area contributed by atoms with Crippen LogP contribution in [0.25, 0.3) is 6.08 Å². The summed E-state index contributed by atoms with van der Waals surface area (Å²) in [5.41, 5.74) is 4.02. The Labute approximate surface area is 277 Å². The van der Waals surface area contributed by atoms with Gasteiger partial charge in [-0.15, -0.1) is 0 Å². The smallest absolute Gasteiger partial charge is 0.336 e. The first-order chi connectivity index (χ1) is 21.0. The van der Waals surface area contributed by atoms with Crippen molar-refractivity contribution in [1.29, 1.82) is 0 Å². The quantitative estimate of drug-likeness (QED) is 0.0442. The third-order valence-corrected chi connectivity index (χ3v) is 7.28. The fraction of sp³-hybridized carbons (Fsp3) is 0. The van der Waals surface area contributed by atoms with Crippen LogP contribution in [0.15, 0.2) is 99.0 Å². The van der Waals surface area contributed by atoms with Gasteiger partial charge >= 0.3 is 5.97 Å². The number of ether oxygens (including phenoxy) is 1. The summed E-state index contributed by atoms with van der Waals surface area (Å²) in [6.45, 7) is 0. The molecule has 2 amide bonds. The van der Waals surface area contributed by atoms with Gasteiger partial charge in [0.1, 0.15) is 0 Å². The number of nitro benzene ring substituents is 1. The van der Waals surface area contributed by atoms with Crippen molar-refractivity contribution in [2.45, 2.75) is 0 Å². The molecule has 0 spiro atoms. The molecule has 4 rings (SSSR count). The maximum absolute atomic E-state index is 12.8. The second kappa shape index (κ2) is 14.9. The molecule has 0 aliphatic carbocycles. The van der Waals surface area contributed by atoms with E-state index in [1.807, 2.05) is 0 Å². The monoisotopic (exact) mass is 758 g/mol. The molecule has 0 fully saturated rings. The summed E-state index contributed by atoms with van der Waals surface area (Å²) in [7, 11) is 0. The van der Waals surface area contributed by atoms with Crippen molar-refractivity contribution >= 4 is 96.5 Å². The van der Waals surface area contributed by atoms with Crippen molar-refractivity contribution in [1.82, 2.24) is 5.43 Å². The SMILES string of the molecule is O=C(/C=C/c1ccc([N+](=O)[O-])cc1)Oc1c(Br)cc(Br)cc1C=NNC(=O)c1cccc(NC(=O)c2ccc(Cl)cc2Cl)c1. The number of carbonyl (C=O) groups excluding carboxylic acids is 3. The Morgan fingerprint density at radius 3 is 2.39 bits per heavy atom. The molecule has 2 N–H and O–H groups in total. The van der Waals surface area contributed by atoms with Gasteiger partial charge in [0.05, 0.1) is 26.2 Å². The molecule has 0 saturated carbocycles. The Morgan fingerprint density at radius 2 is 1.68 bits per heavy atom. The van der Waals surface area contributed by atoms with Gasteiger partial charge in [-0.2, -0.15) is 5.10 Å². The normalized spacial score (nSPS) is 11.0. The molecule has 0 aromatic heterocycles. The van der Waals surface area contributed by atoms with Crippen molar-refractivity contribution < 1.29 is 24.0 Å². The lowest BCUT2D eigenvalue weighted by atomic mass is 10.1. The predicted molar refractivity (Wildman–Crippen MR) is 176 cm³/mol. The van der Waals surface area contributed by atoms with E-state index in [0.717, 1.165) is 0 Å². The molecule has 14 heteroatoms. The first-order valence-corrected chi connectivity index (χ1v) is 14.7. The number of nitro groups is 1. The summed E-state index contributed by atoms with van der Waals surface area (Å²) in [5, 5.41) is 18.1. The molecule has 0 atom stereocenters. The highest BCUT2D eigenvalue weighted by Gasteiger charge is 2.14. The fourth-order valence-corrected chi connectivity index (χ4v) is 5.46. The number of amides is 2. The molecule has 4 aromatic rings. The standard InChI is InChI=1S/C30H18Br2Cl2N4O6/c31-20-12-19(28(25(32)14-20)44-27(39)11-6-17-4-8-23(9-5-17)38(42)43)16-35-37-29(40)18-2-1-3-22(13-18)36-30(41)24-10-7-21(33)15-26(24)34/h1-16H,(H,36,41)(H,37,40)/b11-6+,35-16?. The van der Waals surface area contributed by atoms with Gasteiger partial charge in [0, 0.05) is 44.5 Å². The summed E-state index contributed by atoms with van der Waals surface area (Å²) in [5.74, 6) is -1.63. The van der Waals surface area contributed by atoms with Crippen LogP contribution in [-0.4, -0.2) is 28.9 Å². The second-order valence-corrected chi connectivity index (χ2v) is 11.4. The van der Waals surface area contributed by atoms with E-state index in [4.69, 9.17) is 27.9 Å². The predicted octanol–water partition coefficient (Wildman–Crippen LogP) is 8.06. The molecule has 0 unspecified atom stereocenters. The second-order valence-electron chi connectivity index (χ2n) is 8.77. The summed E-state index contributed by atoms with van der Waals surface area (Å²) in [4.78, 5) is 48.3. The minimum absolute atomic E-state index is 0.0708. The summed E-state index contributed by atoms with van der Waals surface area (Å²) >= 11 is 18.7. The van der Waals surface area contributed by atoms with Crippen molar-refractivity contribution in [3.63, 3.8) is 0 Å². The van der Waals surface area contributed by atoms with Gasteiger partial charge in [-0.1, -0.05) is 45.2 Å². The number of halogens is 4. The Bertz CT molecular complexity index is 1830. The molecular weight excluding hydrogens is 743 g/mol. The first-order valence-electron chi connectivity index (χ1n) is 12.3. The largest absolute Gasteiger partial charge is 0.421 e. The summed E-state index contributed by atoms with van der Waals surface area (Å²) in [6.07, 6.45) is 3.92. The zero-order valence-corrected chi connectivity index (χ0v) is 26.8. The Kier molecular flexibility index (Phi) is 11.0. The van der Waals surface area contributed by atoms with Crippen LogP contribution >= 0.6 is 55.1 Å². The maximum atomic E-state index is 12.8. The third kappa shape index (κ3) is 8.83. The number of benzene rings is 4. The minimum atomic E-state index is -0.719. The third-order valence-electron chi connectivity index (χ3n) is 5.68. The number of rotatable bonds is 9. The number of anilines is 1. The summed E-state index contributed by atoms with van der Waals surface area (Å²) < 4.78 is 6.57. The fourth-order valence-electron chi connectivity index (χ4n) is 3.63. The molecule has 0 bridgehead atoms. The van der Waals surface area contributed by atoms with Gasteiger partial charge < -0.3 is 10.1 Å². The lowest BCUT2D eigenvalue weighted by Crippen LogP contribution is -2.18. The van der Waals surface area contributed by atoms with Crippen LogP contribution in [0.5, 0.6) is 5.75 Å². The Morgan fingerprint density at radius 1 is 0.932 bits per heavy atom. The number of non-ortho nitro benzene ring substituents is 1. The molecule has 0 aliphatic rings. The van der Waals surface area contributed by atoms with Crippen molar-refractivity contribution in [3.05, 3.63) is 136 Å². The molecule has 0 heterocycles. The number of nitrogens with zero attached hydrogens (tertiary/aromatic N) is 2. The molecule has 44 heavy (non-hydrogen) atoms. The lowest BCUT2D eigenvalue weighted by molar-refractivity contribution is -0.384. The van der Waals surface area contributed by atoms with Crippen LogP contribution in [0.1, 0.15) is 31.8 Å². The number of esters is 1. The van der Waals surface area contributed by atoms with Gasteiger partial charge in [0.15, 0.2) is 5.75 Å². The number of hydrogen-bond acceptors (Lipinski definition) is 7. The van der Waals surface area contributed by atoms with E-state index in [2.05, 4.69) is 47.7 Å². The average molecular weight is 761 g/mol. The van der Waals surface area contributed by atoms with Crippen molar-refractivity contribution in [2.75, 3.05) is 5.32 Å². The number of nitrogens with one attached hydrogen (secondary N) is 2. The van der Waals surface area contributed by atoms with E-state index in [9.17, 15) is 24.5 Å². The van der Waals surface area contributed by atoms with Crippen LogP contribution < -0.4 is 15.5 Å². The van der Waals surface area contributed by atoms with Gasteiger partial charge in [0.2, 0.25) is 0 Å². The van der Waals surface area contributed by atoms with E-state index in [-0.39, 0.29) is 27.6 Å². The zero-order valence-electron chi connectivity index (χ0n) is 22.1. The molecule has 4 aromatic carbocycles. The Hall–Kier alpha value is -4.36. The van der Waals surface area contributed by atoms with Crippen LogP contribution in [-0.2, 0) is 4.79 Å². The highest BCUT2D eigenvalue weighted by Crippen LogP contribution is 2.32. The van der Waals surface area contributed by atoms with E-state index < -0.39 is 22.7 Å². The number of carbonyl (C=O) groups is 3.